The molecule has 798 valence electrons. The van der Waals surface area contributed by atoms with Crippen LogP contribution < -0.4 is 9.47 Å². The summed E-state index contributed by atoms with van der Waals surface area (Å²) in [6.45, 7) is 47.1. The highest BCUT2D eigenvalue weighted by atomic mass is 16.7. The van der Waals surface area contributed by atoms with Gasteiger partial charge in [0.1, 0.15) is 29.8 Å². The smallest absolute Gasteiger partial charge is 0.346 e. The summed E-state index contributed by atoms with van der Waals surface area (Å²) in [6.07, 6.45) is 25.9. The number of carbonyl (C=O) groups excluding carboxylic acids is 9. The summed E-state index contributed by atoms with van der Waals surface area (Å²) in [6, 6.07) is 25.6. The van der Waals surface area contributed by atoms with Crippen LogP contribution in [0.3, 0.4) is 0 Å². The van der Waals surface area contributed by atoms with E-state index in [0.29, 0.717) is 105 Å². The topological polar surface area (TPSA) is 311 Å². The molecule has 11 rings (SSSR count). The van der Waals surface area contributed by atoms with Gasteiger partial charge in [0, 0.05) is 62.1 Å². The van der Waals surface area contributed by atoms with Crippen LogP contribution in [-0.4, -0.2) is 169 Å². The first-order chi connectivity index (χ1) is 67.1. The number of benzene rings is 3. The van der Waals surface area contributed by atoms with E-state index >= 15 is 0 Å². The lowest BCUT2D eigenvalue weighted by molar-refractivity contribution is -0.223. The minimum Gasteiger partial charge on any atom is -0.482 e. The van der Waals surface area contributed by atoms with Crippen LogP contribution in [0.15, 0.2) is 78.9 Å². The predicted octanol–water partition coefficient (Wildman–Crippen LogP) is 24.3. The SMILES string of the molecule is CCC(C)(C)C(=O)OC(OC1CCCCC1)C1CCCCC1.CCC(C)C(=O)OC1CC2CC(C(=O)OC(CC(C)OC)OCC3CCCCC3)C1C2.CCC(C)c1ccc(OCC(=O)OC(CC(C)(C)C)OC(C)C)cc1.CCC(C)c1ccc(OCC(=O)OC(Cc2ccccc2)OCC(C)C)cc1.CCOC(OC(=O)C12CC3CC1C(OC2=O)C3OC(=O)COC(=O)C(C)CC)C(CC)(CC)CC. The molecule has 0 N–H and O–H groups in total. The van der Waals surface area contributed by atoms with Gasteiger partial charge in [-0.1, -0.05) is 230 Å². The zero-order chi connectivity index (χ0) is 104. The molecule has 1 saturated heterocycles. The van der Waals surface area contributed by atoms with Crippen molar-refractivity contribution in [3.05, 3.63) is 95.6 Å². The second-order valence-corrected chi connectivity index (χ2v) is 43.6. The quantitative estimate of drug-likeness (QED) is 0.0219. The Balaban J connectivity index is 0.000000242. The maximum atomic E-state index is 13.5. The summed E-state index contributed by atoms with van der Waals surface area (Å²) < 4.78 is 97.0. The highest BCUT2D eigenvalue weighted by Crippen LogP contribution is 2.63. The number of hydrogen-bond donors (Lipinski definition) is 0. The van der Waals surface area contributed by atoms with E-state index < -0.39 is 96.5 Å². The molecule has 7 saturated carbocycles. The first-order valence-electron chi connectivity index (χ1n) is 54.1. The van der Waals surface area contributed by atoms with Gasteiger partial charge in [0.25, 0.3) is 0 Å². The lowest BCUT2D eigenvalue weighted by Gasteiger charge is -2.39. The fourth-order valence-electron chi connectivity index (χ4n) is 20.0. The average molecular weight is 1980 g/mol. The molecule has 3 aromatic carbocycles. The van der Waals surface area contributed by atoms with Gasteiger partial charge in [-0.15, -0.1) is 0 Å². The van der Waals surface area contributed by atoms with Crippen LogP contribution in [0.25, 0.3) is 0 Å². The molecule has 0 radical (unpaired) electrons. The Kier molecular flexibility index (Phi) is 51.5. The second kappa shape index (κ2) is 60.4. The van der Waals surface area contributed by atoms with Crippen molar-refractivity contribution in [2.45, 2.75) is 438 Å². The van der Waals surface area contributed by atoms with Gasteiger partial charge >= 0.3 is 53.7 Å². The number of methoxy groups -OCH3 is 1. The van der Waals surface area contributed by atoms with Crippen molar-refractivity contribution in [1.29, 1.82) is 0 Å². The molecule has 0 aromatic heterocycles. The van der Waals surface area contributed by atoms with Crippen LogP contribution in [0.2, 0.25) is 0 Å². The normalized spacial score (nSPS) is 23.2. The molecule has 3 aromatic rings. The Morgan fingerprint density at radius 1 is 0.532 bits per heavy atom. The summed E-state index contributed by atoms with van der Waals surface area (Å²) in [5, 5.41) is 0. The van der Waals surface area contributed by atoms with Crippen LogP contribution in [0, 0.1) is 80.8 Å². The van der Waals surface area contributed by atoms with Crippen molar-refractivity contribution >= 4 is 53.7 Å². The molecule has 8 aliphatic rings. The van der Waals surface area contributed by atoms with Gasteiger partial charge in [0.15, 0.2) is 25.2 Å². The molecule has 19 unspecified atom stereocenters. The zero-order valence-corrected chi connectivity index (χ0v) is 90.6. The molecule has 141 heavy (non-hydrogen) atoms. The summed E-state index contributed by atoms with van der Waals surface area (Å²) >= 11 is 0. The van der Waals surface area contributed by atoms with E-state index in [1.54, 1.807) is 14.0 Å². The lowest BCUT2D eigenvalue weighted by atomic mass is 9.73. The van der Waals surface area contributed by atoms with E-state index in [0.717, 1.165) is 95.5 Å². The van der Waals surface area contributed by atoms with E-state index in [4.69, 9.17) is 80.5 Å². The van der Waals surface area contributed by atoms with Crippen LogP contribution >= 0.6 is 0 Å². The molecule has 8 fully saturated rings. The Bertz CT molecular complexity index is 4150. The molecular formula is C115H182O26. The number of hydrogen-bond acceptors (Lipinski definition) is 26. The fourth-order valence-corrected chi connectivity index (χ4v) is 20.0. The largest absolute Gasteiger partial charge is 0.482 e. The summed E-state index contributed by atoms with van der Waals surface area (Å²) in [4.78, 5) is 113. The lowest BCUT2D eigenvalue weighted by Crippen LogP contribution is -2.49. The van der Waals surface area contributed by atoms with Crippen molar-refractivity contribution in [1.82, 2.24) is 0 Å². The third-order valence-electron chi connectivity index (χ3n) is 30.4. The first-order valence-corrected chi connectivity index (χ1v) is 54.1. The molecule has 1 aliphatic heterocycles. The van der Waals surface area contributed by atoms with Crippen molar-refractivity contribution < 1.29 is 124 Å². The van der Waals surface area contributed by atoms with E-state index in [2.05, 4.69) is 62.3 Å². The van der Waals surface area contributed by atoms with E-state index in [9.17, 15) is 43.2 Å². The summed E-state index contributed by atoms with van der Waals surface area (Å²) in [5.74, 6) is -0.727. The number of esters is 9. The summed E-state index contributed by atoms with van der Waals surface area (Å²) in [7, 11) is 1.66. The molecule has 4 bridgehead atoms. The maximum absolute atomic E-state index is 13.5. The minimum atomic E-state index is -1.39. The monoisotopic (exact) mass is 1980 g/mol. The van der Waals surface area contributed by atoms with Crippen molar-refractivity contribution in [3.63, 3.8) is 0 Å². The number of fused-ring (bicyclic) bond motifs is 3. The van der Waals surface area contributed by atoms with Gasteiger partial charge in [0.05, 0.1) is 54.7 Å². The number of ether oxygens (including phenoxy) is 17. The molecule has 26 nitrogen and oxygen atoms in total. The van der Waals surface area contributed by atoms with Gasteiger partial charge in [-0.2, -0.15) is 0 Å². The third kappa shape index (κ3) is 38.2. The first kappa shape index (κ1) is 120. The fraction of sp³-hybridized carbons (Fsp3) is 0.765. The van der Waals surface area contributed by atoms with Crippen LogP contribution in [-0.2, 0) is 121 Å². The molecule has 19 atom stereocenters. The average Bonchev–Trinajstić information content (AvgIpc) is 1.52. The number of rotatable bonds is 50. The van der Waals surface area contributed by atoms with Crippen molar-refractivity contribution in [2.24, 2.45) is 80.8 Å². The van der Waals surface area contributed by atoms with E-state index in [-0.39, 0.29) is 103 Å². The Morgan fingerprint density at radius 2 is 1.09 bits per heavy atom. The molecular weight excluding hydrogens is 1800 g/mol. The Morgan fingerprint density at radius 3 is 1.60 bits per heavy atom. The van der Waals surface area contributed by atoms with Crippen molar-refractivity contribution in [2.75, 3.05) is 46.8 Å². The minimum absolute atomic E-state index is 0.00540. The Hall–Kier alpha value is -7.75. The maximum Gasteiger partial charge on any atom is 0.346 e. The predicted molar refractivity (Wildman–Crippen MR) is 542 cm³/mol. The van der Waals surface area contributed by atoms with Crippen LogP contribution in [0.5, 0.6) is 11.5 Å². The molecule has 0 spiro atoms. The number of carbonyl (C=O) groups is 9. The second-order valence-electron chi connectivity index (χ2n) is 43.6. The van der Waals surface area contributed by atoms with Gasteiger partial charge in [0.2, 0.25) is 31.5 Å². The standard InChI is InChI=1S/C26H40O9.C25H42O6.C24H32O4.C21H34O4.C19H34O3/c1-7-15(6)21(28)32-14-18(27)33-19-16-12-17-20(19)34-22(29)26(17,13-16)23(30)35-24(31-11-5)25(8-2,9-3)10-4;1-5-16(2)24(26)30-22-14-19-12-20(22)21(13-19)25(27)31-23(11-17(3)28-4)29-15-18-9-7-6-8-10-18;1-5-19(4)21-11-13-22(14-12-21)26-17-23(25)28-24(27-16-18(2)3)15-20-9-7-6-8-10-20;1-8-16(4)17-9-11-18(12-10-17)23-14-19(22)25-20(24-15(2)3)13-21(5,6)7;1-4-19(2,3)18(20)22-17(15-11-7-5-8-12-15)21-16-13-9-6-10-14-16/h15-17,19-20,24H,7-14H2,1-6H3;16-23H,5-15H2,1-4H3;6-14,18-19,24H,5,15-17H2,1-4H3;9-12,15-16,20H,8,13-14H2,1-7H3;15-17H,4-14H2,1-3H3. The van der Waals surface area contributed by atoms with Gasteiger partial charge in [-0.3, -0.25) is 28.8 Å². The molecule has 1 heterocycles. The van der Waals surface area contributed by atoms with E-state index in [1.807, 2.05) is 169 Å². The van der Waals surface area contributed by atoms with Crippen molar-refractivity contribution in [3.8, 4) is 11.5 Å². The highest BCUT2D eigenvalue weighted by molar-refractivity contribution is 6.03. The molecule has 7 aliphatic carbocycles. The summed E-state index contributed by atoms with van der Waals surface area (Å²) in [5.41, 5.74) is 1.46. The molecule has 26 heteroatoms. The Labute approximate surface area is 845 Å². The highest BCUT2D eigenvalue weighted by Gasteiger charge is 2.76. The van der Waals surface area contributed by atoms with Gasteiger partial charge in [-0.05, 0) is 239 Å². The molecule has 0 amide bonds. The van der Waals surface area contributed by atoms with Gasteiger partial charge < -0.3 is 80.5 Å². The third-order valence-corrected chi connectivity index (χ3v) is 30.4. The zero-order valence-electron chi connectivity index (χ0n) is 90.6. The van der Waals surface area contributed by atoms with Crippen LogP contribution in [0.4, 0.5) is 0 Å². The van der Waals surface area contributed by atoms with E-state index in [1.165, 1.54) is 81.8 Å². The van der Waals surface area contributed by atoms with Gasteiger partial charge in [-0.25, -0.2) is 14.4 Å². The van der Waals surface area contributed by atoms with Crippen LogP contribution in [0.1, 0.15) is 380 Å².